The molecule has 1 atom stereocenters. The first kappa shape index (κ1) is 12.9. The number of aromatic nitrogens is 1. The summed E-state index contributed by atoms with van der Waals surface area (Å²) >= 11 is 0. The predicted octanol–water partition coefficient (Wildman–Crippen LogP) is 2.66. The normalized spacial score (nSPS) is 18.1. The number of amides is 1. The molecule has 20 heavy (non-hydrogen) atoms. The van der Waals surface area contributed by atoms with Gasteiger partial charge >= 0.3 is 0 Å². The number of benzene rings is 1. The van der Waals surface area contributed by atoms with Gasteiger partial charge in [-0.1, -0.05) is 29.4 Å². The van der Waals surface area contributed by atoms with Crippen molar-refractivity contribution in [2.45, 2.75) is 38.6 Å². The van der Waals surface area contributed by atoms with Crippen LogP contribution in [0.5, 0.6) is 0 Å². The molecule has 0 saturated carbocycles. The summed E-state index contributed by atoms with van der Waals surface area (Å²) in [6.45, 7) is 1.78. The lowest BCUT2D eigenvalue weighted by Gasteiger charge is -2.16. The van der Waals surface area contributed by atoms with Gasteiger partial charge in [0.1, 0.15) is 11.8 Å². The number of nitrogens with one attached hydrogen (secondary N) is 1. The molecule has 1 aromatic carbocycles. The second-order valence-corrected chi connectivity index (χ2v) is 5.35. The number of carbonyl (C=O) groups excluding carboxylic acids is 1. The highest BCUT2D eigenvalue weighted by molar-refractivity contribution is 5.95. The van der Waals surface area contributed by atoms with E-state index < -0.39 is 0 Å². The first-order valence-electron chi connectivity index (χ1n) is 7.02. The van der Waals surface area contributed by atoms with Crippen molar-refractivity contribution in [1.82, 2.24) is 10.5 Å². The first-order valence-corrected chi connectivity index (χ1v) is 7.02. The van der Waals surface area contributed by atoms with Crippen molar-refractivity contribution in [3.8, 4) is 0 Å². The van der Waals surface area contributed by atoms with Crippen LogP contribution in [0.1, 0.15) is 40.0 Å². The molecule has 0 spiro atoms. The highest BCUT2D eigenvalue weighted by Crippen LogP contribution is 2.21. The van der Waals surface area contributed by atoms with Crippen molar-refractivity contribution >= 4 is 5.91 Å². The highest BCUT2D eigenvalue weighted by atomic mass is 16.5. The van der Waals surface area contributed by atoms with Gasteiger partial charge in [0.15, 0.2) is 0 Å². The first-order chi connectivity index (χ1) is 9.74. The summed E-state index contributed by atoms with van der Waals surface area (Å²) in [7, 11) is 0. The van der Waals surface area contributed by atoms with Gasteiger partial charge in [-0.2, -0.15) is 0 Å². The van der Waals surface area contributed by atoms with Crippen molar-refractivity contribution in [3.05, 3.63) is 52.9 Å². The fourth-order valence-electron chi connectivity index (χ4n) is 2.80. The van der Waals surface area contributed by atoms with Crippen molar-refractivity contribution in [3.63, 3.8) is 0 Å². The number of hydrogen-bond donors (Lipinski definition) is 1. The Morgan fingerprint density at radius 3 is 2.90 bits per heavy atom. The average Bonchev–Trinajstić information content (AvgIpc) is 2.76. The van der Waals surface area contributed by atoms with Gasteiger partial charge in [-0.05, 0) is 43.7 Å². The number of nitrogens with zero attached hydrogens (tertiary/aromatic N) is 1. The summed E-state index contributed by atoms with van der Waals surface area (Å²) in [4.78, 5) is 12.2. The molecule has 1 unspecified atom stereocenters. The number of aryl methyl sites for hydroxylation is 2. The zero-order valence-corrected chi connectivity index (χ0v) is 11.6. The molecule has 1 N–H and O–H groups in total. The fraction of sp³-hybridized carbons (Fsp3) is 0.375. The maximum Gasteiger partial charge on any atom is 0.256 e. The molecule has 2 aromatic rings. The Morgan fingerprint density at radius 2 is 2.15 bits per heavy atom. The van der Waals surface area contributed by atoms with Gasteiger partial charge in [-0.3, -0.25) is 4.79 Å². The molecule has 1 heterocycles. The fourth-order valence-corrected chi connectivity index (χ4v) is 2.80. The smallest absolute Gasteiger partial charge is 0.256 e. The molecule has 1 aromatic heterocycles. The maximum absolute atomic E-state index is 12.2. The molecule has 1 aliphatic carbocycles. The van der Waals surface area contributed by atoms with E-state index in [1.807, 2.05) is 0 Å². The van der Waals surface area contributed by atoms with E-state index in [1.54, 1.807) is 6.92 Å². The van der Waals surface area contributed by atoms with Crippen LogP contribution in [0.4, 0.5) is 0 Å². The van der Waals surface area contributed by atoms with E-state index >= 15 is 0 Å². The van der Waals surface area contributed by atoms with Crippen LogP contribution in [-0.2, 0) is 12.8 Å². The molecular weight excluding hydrogens is 252 g/mol. The van der Waals surface area contributed by atoms with Crippen LogP contribution < -0.4 is 5.32 Å². The Kier molecular flexibility index (Phi) is 3.54. The van der Waals surface area contributed by atoms with Crippen molar-refractivity contribution < 1.29 is 9.32 Å². The summed E-state index contributed by atoms with van der Waals surface area (Å²) in [5.41, 5.74) is 3.92. The van der Waals surface area contributed by atoms with Gasteiger partial charge < -0.3 is 9.84 Å². The summed E-state index contributed by atoms with van der Waals surface area (Å²) < 4.78 is 4.83. The predicted molar refractivity (Wildman–Crippen MR) is 75.6 cm³/mol. The Labute approximate surface area is 118 Å². The molecule has 0 fully saturated rings. The molecule has 0 saturated heterocycles. The van der Waals surface area contributed by atoms with Crippen molar-refractivity contribution in [2.24, 2.45) is 0 Å². The molecule has 0 radical (unpaired) electrons. The largest absolute Gasteiger partial charge is 0.364 e. The lowest BCUT2D eigenvalue weighted by Crippen LogP contribution is -2.36. The van der Waals surface area contributed by atoms with Crippen molar-refractivity contribution in [1.29, 1.82) is 0 Å². The van der Waals surface area contributed by atoms with E-state index in [4.69, 9.17) is 4.52 Å². The molecule has 4 heteroatoms. The summed E-state index contributed by atoms with van der Waals surface area (Å²) in [5, 5.41) is 6.85. The number of rotatable bonds is 2. The van der Waals surface area contributed by atoms with E-state index in [0.717, 1.165) is 25.7 Å². The average molecular weight is 270 g/mol. The topological polar surface area (TPSA) is 55.1 Å². The lowest BCUT2D eigenvalue weighted by molar-refractivity contribution is 0.0934. The molecule has 1 aliphatic rings. The van der Waals surface area contributed by atoms with E-state index in [9.17, 15) is 4.79 Å². The van der Waals surface area contributed by atoms with Gasteiger partial charge in [-0.15, -0.1) is 0 Å². The minimum Gasteiger partial charge on any atom is -0.364 e. The third-order valence-electron chi connectivity index (χ3n) is 3.91. The molecule has 0 aliphatic heterocycles. The van der Waals surface area contributed by atoms with Crippen LogP contribution in [0.15, 0.2) is 35.1 Å². The minimum atomic E-state index is -0.0897. The van der Waals surface area contributed by atoms with Gasteiger partial charge in [0.05, 0.1) is 5.69 Å². The molecular formula is C16H18N2O2. The van der Waals surface area contributed by atoms with Gasteiger partial charge in [-0.25, -0.2) is 0 Å². The summed E-state index contributed by atoms with van der Waals surface area (Å²) in [6.07, 6.45) is 5.51. The second-order valence-electron chi connectivity index (χ2n) is 5.35. The standard InChI is InChI=1S/C16H18N2O2/c1-11-15(10-20-18-11)16(19)17-14-8-4-7-12-5-2-3-6-13(12)9-14/h2-3,5-6,10,14H,4,7-9H2,1H3,(H,17,19). The third kappa shape index (κ3) is 2.59. The maximum atomic E-state index is 12.2. The van der Waals surface area contributed by atoms with Crippen LogP contribution in [-0.4, -0.2) is 17.1 Å². The Hall–Kier alpha value is -2.10. The van der Waals surface area contributed by atoms with E-state index in [1.165, 1.54) is 17.4 Å². The van der Waals surface area contributed by atoms with Gasteiger partial charge in [0, 0.05) is 6.04 Å². The van der Waals surface area contributed by atoms with E-state index in [-0.39, 0.29) is 11.9 Å². The van der Waals surface area contributed by atoms with Gasteiger partial charge in [0.25, 0.3) is 5.91 Å². The molecule has 3 rings (SSSR count). The molecule has 104 valence electrons. The zero-order valence-electron chi connectivity index (χ0n) is 11.6. The van der Waals surface area contributed by atoms with E-state index in [2.05, 4.69) is 34.7 Å². The third-order valence-corrected chi connectivity index (χ3v) is 3.91. The lowest BCUT2D eigenvalue weighted by atomic mass is 10.0. The molecule has 4 nitrogen and oxygen atoms in total. The van der Waals surface area contributed by atoms with E-state index in [0.29, 0.717) is 11.3 Å². The van der Waals surface area contributed by atoms with Crippen LogP contribution in [0, 0.1) is 6.92 Å². The Morgan fingerprint density at radius 1 is 1.35 bits per heavy atom. The summed E-state index contributed by atoms with van der Waals surface area (Å²) in [6, 6.07) is 8.67. The van der Waals surface area contributed by atoms with Crippen LogP contribution in [0.25, 0.3) is 0 Å². The second kappa shape index (κ2) is 5.49. The summed E-state index contributed by atoms with van der Waals surface area (Å²) in [5.74, 6) is -0.0897. The number of hydrogen-bond acceptors (Lipinski definition) is 3. The molecule has 0 bridgehead atoms. The molecule has 1 amide bonds. The highest BCUT2D eigenvalue weighted by Gasteiger charge is 2.20. The zero-order chi connectivity index (χ0) is 13.9. The minimum absolute atomic E-state index is 0.0897. The van der Waals surface area contributed by atoms with Crippen LogP contribution >= 0.6 is 0 Å². The quantitative estimate of drug-likeness (QED) is 0.854. The monoisotopic (exact) mass is 270 g/mol. The van der Waals surface area contributed by atoms with Crippen LogP contribution in [0.3, 0.4) is 0 Å². The Bertz CT molecular complexity index is 618. The SMILES string of the molecule is Cc1nocc1C(=O)NC1CCCc2ccccc2C1. The van der Waals surface area contributed by atoms with Gasteiger partial charge in [0.2, 0.25) is 0 Å². The van der Waals surface area contributed by atoms with Crippen molar-refractivity contribution in [2.75, 3.05) is 0 Å². The number of carbonyl (C=O) groups is 1. The van der Waals surface area contributed by atoms with Crippen LogP contribution in [0.2, 0.25) is 0 Å². The number of fused-ring (bicyclic) bond motifs is 1. The Balaban J connectivity index is 1.73.